The van der Waals surface area contributed by atoms with Gasteiger partial charge in [-0.25, -0.2) is 18.7 Å². The van der Waals surface area contributed by atoms with E-state index in [0.717, 1.165) is 15.3 Å². The van der Waals surface area contributed by atoms with Crippen LogP contribution >= 0.6 is 0 Å². The summed E-state index contributed by atoms with van der Waals surface area (Å²) in [6.07, 6.45) is 1.81. The maximum Gasteiger partial charge on any atom is 0.418 e. The van der Waals surface area contributed by atoms with E-state index in [4.69, 9.17) is 23.7 Å². The molecule has 4 aromatic rings. The SMILES string of the molecule is COc1cc2nccc(Oc3ccc(NC(=O)Oc4nn(C)c(=O)n(CC5CCOCC5)c4=O)cc3F)c2cc1OC. The van der Waals surface area contributed by atoms with Crippen molar-refractivity contribution < 1.29 is 32.9 Å². The van der Waals surface area contributed by atoms with E-state index in [-0.39, 0.29) is 23.9 Å². The molecule has 14 heteroatoms. The number of carbonyl (C=O) groups excluding carboxylic acids is 1. The fourth-order valence-corrected chi connectivity index (χ4v) is 4.56. The van der Waals surface area contributed by atoms with Crippen LogP contribution in [0, 0.1) is 11.7 Å². The number of ether oxygens (including phenoxy) is 5. The summed E-state index contributed by atoms with van der Waals surface area (Å²) in [7, 11) is 4.35. The van der Waals surface area contributed by atoms with Crippen molar-refractivity contribution in [1.29, 1.82) is 0 Å². The topological polar surface area (TPSA) is 145 Å². The standard InChI is InChI=1S/C28H28FN5O8/c1-33-28(37)34(15-16-7-10-40-11-8-16)26(35)25(32-33)42-27(36)31-17-4-5-22(19(29)12-17)41-21-6-9-30-20-14-24(39-3)23(38-2)13-18(20)21/h4-6,9,12-14,16H,7-8,10-11,15H2,1-3H3,(H,31,36). The van der Waals surface area contributed by atoms with Crippen molar-refractivity contribution in [2.24, 2.45) is 13.0 Å². The van der Waals surface area contributed by atoms with E-state index in [1.165, 1.54) is 39.6 Å². The Kier molecular flexibility index (Phi) is 8.33. The zero-order valence-electron chi connectivity index (χ0n) is 23.1. The minimum absolute atomic E-state index is 0.0307. The van der Waals surface area contributed by atoms with Crippen LogP contribution in [0.15, 0.2) is 52.2 Å². The van der Waals surface area contributed by atoms with Crippen molar-refractivity contribution in [2.75, 3.05) is 32.8 Å². The Balaban J connectivity index is 1.31. The molecule has 0 atom stereocenters. The summed E-state index contributed by atoms with van der Waals surface area (Å²) in [6, 6.07) is 8.67. The van der Waals surface area contributed by atoms with E-state index in [2.05, 4.69) is 15.4 Å². The molecule has 0 aliphatic carbocycles. The molecule has 1 aliphatic rings. The molecule has 1 amide bonds. The van der Waals surface area contributed by atoms with Gasteiger partial charge in [-0.3, -0.25) is 19.7 Å². The summed E-state index contributed by atoms with van der Waals surface area (Å²) in [6.45, 7) is 1.23. The first kappa shape index (κ1) is 28.5. The number of benzene rings is 2. The lowest BCUT2D eigenvalue weighted by molar-refractivity contribution is 0.0602. The average molecular weight is 582 g/mol. The van der Waals surface area contributed by atoms with Crippen molar-refractivity contribution in [1.82, 2.24) is 19.3 Å². The molecule has 42 heavy (non-hydrogen) atoms. The van der Waals surface area contributed by atoms with Gasteiger partial charge in [0.05, 0.1) is 19.7 Å². The number of anilines is 1. The molecule has 1 aliphatic heterocycles. The number of pyridine rings is 1. The lowest BCUT2D eigenvalue weighted by Crippen LogP contribution is -2.43. The van der Waals surface area contributed by atoms with Crippen LogP contribution in [0.2, 0.25) is 0 Å². The van der Waals surface area contributed by atoms with Gasteiger partial charge in [0.15, 0.2) is 23.1 Å². The van der Waals surface area contributed by atoms with Gasteiger partial charge in [-0.2, -0.15) is 0 Å². The van der Waals surface area contributed by atoms with Gasteiger partial charge in [0, 0.05) is 56.2 Å². The molecule has 0 radical (unpaired) electrons. The van der Waals surface area contributed by atoms with Crippen molar-refractivity contribution >= 4 is 22.7 Å². The zero-order valence-corrected chi connectivity index (χ0v) is 23.1. The van der Waals surface area contributed by atoms with Gasteiger partial charge in [-0.15, -0.1) is 5.10 Å². The number of hydrogen-bond acceptors (Lipinski definition) is 10. The molecule has 0 unspecified atom stereocenters. The van der Waals surface area contributed by atoms with Gasteiger partial charge in [-0.1, -0.05) is 0 Å². The van der Waals surface area contributed by atoms with Crippen LogP contribution in [0.4, 0.5) is 14.9 Å². The number of nitrogens with one attached hydrogen (secondary N) is 1. The largest absolute Gasteiger partial charge is 0.493 e. The number of carbonyl (C=O) groups is 1. The summed E-state index contributed by atoms with van der Waals surface area (Å²) in [5.74, 6) is -0.174. The molecular formula is C28H28FN5O8. The third kappa shape index (κ3) is 6.02. The fraction of sp³-hybridized carbons (Fsp3) is 0.321. The molecule has 1 fully saturated rings. The van der Waals surface area contributed by atoms with Crippen LogP contribution in [0.1, 0.15) is 12.8 Å². The van der Waals surface area contributed by atoms with Crippen molar-refractivity contribution in [3.05, 3.63) is 69.3 Å². The predicted molar refractivity (Wildman–Crippen MR) is 148 cm³/mol. The fourth-order valence-electron chi connectivity index (χ4n) is 4.56. The molecular weight excluding hydrogens is 553 g/mol. The van der Waals surface area contributed by atoms with Crippen LogP contribution in [0.25, 0.3) is 10.9 Å². The van der Waals surface area contributed by atoms with Crippen molar-refractivity contribution in [2.45, 2.75) is 19.4 Å². The molecule has 0 saturated carbocycles. The van der Waals surface area contributed by atoms with Gasteiger partial charge < -0.3 is 23.7 Å². The minimum Gasteiger partial charge on any atom is -0.493 e. The van der Waals surface area contributed by atoms with E-state index in [1.54, 1.807) is 18.2 Å². The first-order valence-electron chi connectivity index (χ1n) is 13.0. The number of aromatic nitrogens is 4. The molecule has 5 rings (SSSR count). The Morgan fingerprint density at radius 3 is 2.50 bits per heavy atom. The average Bonchev–Trinajstić information content (AvgIpc) is 2.99. The third-order valence-electron chi connectivity index (χ3n) is 6.75. The van der Waals surface area contributed by atoms with Crippen LogP contribution in [-0.4, -0.2) is 52.9 Å². The highest BCUT2D eigenvalue weighted by molar-refractivity contribution is 5.88. The van der Waals surface area contributed by atoms with E-state index in [9.17, 15) is 14.4 Å². The Morgan fingerprint density at radius 2 is 1.79 bits per heavy atom. The lowest BCUT2D eigenvalue weighted by atomic mass is 10.0. The molecule has 2 aromatic carbocycles. The zero-order chi connectivity index (χ0) is 29.8. The van der Waals surface area contributed by atoms with Crippen LogP contribution in [0.5, 0.6) is 28.9 Å². The number of hydrogen-bond donors (Lipinski definition) is 1. The van der Waals surface area contributed by atoms with E-state index in [0.29, 0.717) is 54.2 Å². The monoisotopic (exact) mass is 581 g/mol. The van der Waals surface area contributed by atoms with E-state index in [1.807, 2.05) is 0 Å². The molecule has 13 nitrogen and oxygen atoms in total. The molecule has 220 valence electrons. The summed E-state index contributed by atoms with van der Waals surface area (Å²) >= 11 is 0. The predicted octanol–water partition coefficient (Wildman–Crippen LogP) is 3.48. The second-order valence-corrected chi connectivity index (χ2v) is 9.48. The van der Waals surface area contributed by atoms with Gasteiger partial charge in [0.1, 0.15) is 5.75 Å². The second-order valence-electron chi connectivity index (χ2n) is 9.48. The summed E-state index contributed by atoms with van der Waals surface area (Å²) in [5, 5.41) is 6.70. The van der Waals surface area contributed by atoms with Crippen LogP contribution < -0.4 is 35.5 Å². The lowest BCUT2D eigenvalue weighted by Gasteiger charge is -2.22. The first-order chi connectivity index (χ1) is 20.3. The number of fused-ring (bicyclic) bond motifs is 1. The first-order valence-corrected chi connectivity index (χ1v) is 13.0. The van der Waals surface area contributed by atoms with Crippen LogP contribution in [0.3, 0.4) is 0 Å². The van der Waals surface area contributed by atoms with Gasteiger partial charge in [0.2, 0.25) is 0 Å². The second kappa shape index (κ2) is 12.3. The quantitative estimate of drug-likeness (QED) is 0.328. The maximum absolute atomic E-state index is 15.0. The molecule has 1 N–H and O–H groups in total. The number of amides is 1. The molecule has 0 bridgehead atoms. The highest BCUT2D eigenvalue weighted by atomic mass is 19.1. The molecule has 2 aromatic heterocycles. The maximum atomic E-state index is 15.0. The summed E-state index contributed by atoms with van der Waals surface area (Å²) < 4.78 is 43.8. The number of methoxy groups -OCH3 is 2. The van der Waals surface area contributed by atoms with E-state index >= 15 is 4.39 Å². The smallest absolute Gasteiger partial charge is 0.418 e. The van der Waals surface area contributed by atoms with E-state index < -0.39 is 29.0 Å². The molecule has 1 saturated heterocycles. The number of nitrogens with zero attached hydrogens (tertiary/aromatic N) is 4. The Hall–Kier alpha value is -4.98. The molecule has 3 heterocycles. The summed E-state index contributed by atoms with van der Waals surface area (Å²) in [5.41, 5.74) is -0.890. The summed E-state index contributed by atoms with van der Waals surface area (Å²) in [4.78, 5) is 42.3. The van der Waals surface area contributed by atoms with Crippen molar-refractivity contribution in [3.63, 3.8) is 0 Å². The third-order valence-corrected chi connectivity index (χ3v) is 6.75. The minimum atomic E-state index is -1.09. The normalized spacial score (nSPS) is 13.5. The van der Waals surface area contributed by atoms with Crippen molar-refractivity contribution in [3.8, 4) is 28.9 Å². The number of aryl methyl sites for hydroxylation is 1. The van der Waals surface area contributed by atoms with Crippen LogP contribution in [-0.2, 0) is 18.3 Å². The number of halogens is 1. The Labute approximate surface area is 238 Å². The Bertz CT molecular complexity index is 1750. The van der Waals surface area contributed by atoms with Gasteiger partial charge >= 0.3 is 23.2 Å². The number of rotatable bonds is 8. The highest BCUT2D eigenvalue weighted by Crippen LogP contribution is 2.37. The Morgan fingerprint density at radius 1 is 1.05 bits per heavy atom. The van der Waals surface area contributed by atoms with Gasteiger partial charge in [-0.05, 0) is 43.0 Å². The highest BCUT2D eigenvalue weighted by Gasteiger charge is 2.21. The molecule has 0 spiro atoms. The van der Waals surface area contributed by atoms with Gasteiger partial charge in [0.25, 0.3) is 0 Å².